The maximum Gasteiger partial charge on any atom is 0.142 e. The number of ether oxygens (including phenoxy) is 2. The molecule has 0 saturated carbocycles. The van der Waals surface area contributed by atoms with E-state index in [2.05, 4.69) is 260 Å². The summed E-state index contributed by atoms with van der Waals surface area (Å²) in [7, 11) is 3.26. The standard InChI is InChI=1S/C37H30N2.C31H34N2.C27H26N2O2.C25H26N2O2/c38-35-22-20-31(24-33(35)28-12-6-2-7-13-28)37(30-18-16-27(17-19-30)26-10-4-1-5-11-26)32-21-23-36(39)34(25-32)29-14-8-3-9-15-29;1-5-22-18-27(16-20(3)30(22)32)29(28-17-21(4)31(33)23(6-2)19-28)26-14-12-25(13-15-26)24-10-8-7-9-11-24;1-30-25-16-21(12-14-23(25)28)27(22-13-15-24(29)26(17-22)31-2)20-10-8-19(9-11-20)18-6-4-3-5-7-18;1-4-20(26)14-22(28)16-24(23-13-12-21(27)15-25(23)29)18(3)11-10-17(2)19-8-6-5-7-9-19/h1-25,37H,38-39H2;7-19,29H,5-6,32-33H2,1-4H3;3-17,27H,28-29H2,1-2H3;4-16,24,28-29H,1-3,26-27H2/b;;;11-10-,20-14+,22-16-. The van der Waals surface area contributed by atoms with Crippen LogP contribution in [0.5, 0.6) is 17.2 Å². The molecule has 660 valence electrons. The number of hydrogen-bond donors (Lipinski definition) is 10. The highest BCUT2D eigenvalue weighted by Gasteiger charge is 2.26. The van der Waals surface area contributed by atoms with Crippen LogP contribution >= 0.6 is 0 Å². The van der Waals surface area contributed by atoms with Crippen molar-refractivity contribution in [1.82, 2.24) is 0 Å². The zero-order valence-electron chi connectivity index (χ0n) is 75.8. The van der Waals surface area contributed by atoms with E-state index < -0.39 is 5.92 Å². The van der Waals surface area contributed by atoms with Crippen LogP contribution in [0.25, 0.3) is 61.2 Å². The molecule has 0 saturated heterocycles. The van der Waals surface area contributed by atoms with Crippen LogP contribution in [0.15, 0.2) is 437 Å². The quantitative estimate of drug-likeness (QED) is 0.0105. The minimum Gasteiger partial charge on any atom is -0.508 e. The van der Waals surface area contributed by atoms with E-state index in [1.807, 2.05) is 146 Å². The lowest BCUT2D eigenvalue weighted by Crippen LogP contribution is -2.09. The third kappa shape index (κ3) is 23.1. The fourth-order valence-electron chi connectivity index (χ4n) is 16.7. The molecule has 16 rings (SSSR count). The smallest absolute Gasteiger partial charge is 0.142 e. The number of nitrogens with two attached hydrogens (primary N) is 8. The van der Waals surface area contributed by atoms with E-state index in [1.165, 1.54) is 96.1 Å². The highest BCUT2D eigenvalue weighted by molar-refractivity contribution is 5.81. The molecule has 0 heterocycles. The molecule has 0 spiro atoms. The molecule has 0 radical (unpaired) electrons. The number of phenolic OH excluding ortho intramolecular Hbond substituents is 1. The average Bonchev–Trinajstić information content (AvgIpc) is 0.793. The molecule has 12 nitrogen and oxygen atoms in total. The highest BCUT2D eigenvalue weighted by atomic mass is 16.5. The van der Waals surface area contributed by atoms with Crippen LogP contribution in [-0.4, -0.2) is 24.4 Å². The average molecular weight is 1730 g/mol. The Labute approximate surface area is 777 Å². The second-order valence-electron chi connectivity index (χ2n) is 32.8. The van der Waals surface area contributed by atoms with E-state index in [0.717, 1.165) is 96.8 Å². The Kier molecular flexibility index (Phi) is 31.3. The van der Waals surface area contributed by atoms with Crippen molar-refractivity contribution in [3.05, 3.63) is 521 Å². The first kappa shape index (κ1) is 93.2. The summed E-state index contributed by atoms with van der Waals surface area (Å²) in [5.41, 5.74) is 84.6. The molecule has 12 heteroatoms. The van der Waals surface area contributed by atoms with Gasteiger partial charge in [-0.25, -0.2) is 0 Å². The van der Waals surface area contributed by atoms with Gasteiger partial charge in [-0.15, -0.1) is 0 Å². The largest absolute Gasteiger partial charge is 0.508 e. The first-order valence-corrected chi connectivity index (χ1v) is 44.2. The number of aryl methyl sites for hydroxylation is 4. The second-order valence-corrected chi connectivity index (χ2v) is 32.8. The molecule has 1 unspecified atom stereocenters. The SMILES string of the molecule is C=C/C(N)=C\C(O)=C\C(C(=C)/C=C\C(=C)c1ccccc1)c1ccc(N)cc1O.CCc1cc(C(c2ccc(-c3ccccc3)cc2)c2cc(C)c(N)c(CC)c2)cc(C)c1N.COc1cc(C(c2ccc(-c3ccccc3)cc2)c2ccc(N)c(OC)c2)ccc1N.Nc1ccc(C(c2ccc(-c3ccccc3)cc2)c2ccc(N)c(-c3ccccc3)c2)cc1-c1ccccc1. The Morgan fingerprint density at radius 3 is 1.03 bits per heavy atom. The zero-order chi connectivity index (χ0) is 93.3. The predicted octanol–water partition coefficient (Wildman–Crippen LogP) is 27.5. The van der Waals surface area contributed by atoms with Gasteiger partial charge in [-0.1, -0.05) is 355 Å². The third-order valence-electron chi connectivity index (χ3n) is 24.0. The lowest BCUT2D eigenvalue weighted by molar-refractivity contribution is 0.415. The van der Waals surface area contributed by atoms with Gasteiger partial charge >= 0.3 is 0 Å². The van der Waals surface area contributed by atoms with Gasteiger partial charge in [-0.3, -0.25) is 0 Å². The summed E-state index contributed by atoms with van der Waals surface area (Å²) < 4.78 is 11.0. The number of methoxy groups -OCH3 is 2. The summed E-state index contributed by atoms with van der Waals surface area (Å²) in [6.45, 7) is 20.3. The summed E-state index contributed by atoms with van der Waals surface area (Å²) in [5.74, 6) is 0.830. The van der Waals surface area contributed by atoms with Crippen LogP contribution in [0.2, 0.25) is 0 Å². The van der Waals surface area contributed by atoms with Crippen molar-refractivity contribution < 1.29 is 19.7 Å². The second kappa shape index (κ2) is 44.3. The van der Waals surface area contributed by atoms with Crippen LogP contribution in [0.3, 0.4) is 0 Å². The van der Waals surface area contributed by atoms with E-state index in [1.54, 1.807) is 38.5 Å². The number of aliphatic hydroxyl groups is 1. The van der Waals surface area contributed by atoms with Crippen molar-refractivity contribution in [1.29, 1.82) is 0 Å². The monoisotopic (exact) mass is 1730 g/mol. The molecule has 1 atom stereocenters. The van der Waals surface area contributed by atoms with Crippen molar-refractivity contribution in [2.75, 3.05) is 54.4 Å². The lowest BCUT2D eigenvalue weighted by Gasteiger charge is -2.23. The van der Waals surface area contributed by atoms with Gasteiger partial charge in [0.2, 0.25) is 0 Å². The van der Waals surface area contributed by atoms with Gasteiger partial charge in [0.25, 0.3) is 0 Å². The molecule has 16 aromatic carbocycles. The molecule has 16 aromatic rings. The molecular weight excluding hydrogens is 1620 g/mol. The van der Waals surface area contributed by atoms with Crippen LogP contribution in [0, 0.1) is 13.8 Å². The Hall–Kier alpha value is -16.4. The molecule has 0 aliphatic carbocycles. The first-order valence-electron chi connectivity index (χ1n) is 44.2. The maximum atomic E-state index is 10.4. The van der Waals surface area contributed by atoms with Crippen LogP contribution in [-0.2, 0) is 12.8 Å². The van der Waals surface area contributed by atoms with Crippen LogP contribution in [0.4, 0.5) is 39.8 Å². The number of aromatic hydroxyl groups is 1. The number of nitrogen functional groups attached to an aromatic ring is 7. The molecule has 0 bridgehead atoms. The minimum absolute atomic E-state index is 0.000878. The van der Waals surface area contributed by atoms with Gasteiger partial charge < -0.3 is 65.6 Å². The summed E-state index contributed by atoms with van der Waals surface area (Å²) in [5, 5.41) is 20.7. The summed E-state index contributed by atoms with van der Waals surface area (Å²) in [6.07, 6.45) is 9.85. The fraction of sp³-hybridized carbons (Fsp3) is 0.100. The maximum absolute atomic E-state index is 10.4. The van der Waals surface area contributed by atoms with Gasteiger partial charge in [0.05, 0.1) is 25.6 Å². The topological polar surface area (TPSA) is 267 Å². The predicted molar refractivity (Wildman–Crippen MR) is 558 cm³/mol. The van der Waals surface area contributed by atoms with Crippen molar-refractivity contribution in [2.24, 2.45) is 5.73 Å². The van der Waals surface area contributed by atoms with Gasteiger partial charge in [0.1, 0.15) is 23.0 Å². The summed E-state index contributed by atoms with van der Waals surface area (Å²) >= 11 is 0. The normalized spacial score (nSPS) is 11.5. The van der Waals surface area contributed by atoms with Gasteiger partial charge in [0, 0.05) is 86.6 Å². The van der Waals surface area contributed by atoms with Crippen molar-refractivity contribution >= 4 is 45.4 Å². The molecule has 0 aromatic heterocycles. The number of hydrogen-bond acceptors (Lipinski definition) is 12. The molecule has 18 N–H and O–H groups in total. The van der Waals surface area contributed by atoms with Gasteiger partial charge in [-0.05, 0) is 227 Å². The Morgan fingerprint density at radius 2 is 0.682 bits per heavy atom. The fourth-order valence-corrected chi connectivity index (χ4v) is 16.7. The highest BCUT2D eigenvalue weighted by Crippen LogP contribution is 2.45. The molecule has 0 aliphatic rings. The molecule has 0 amide bonds. The van der Waals surface area contributed by atoms with Crippen molar-refractivity contribution in [3.8, 4) is 72.9 Å². The number of phenols is 1. The third-order valence-corrected chi connectivity index (χ3v) is 24.0. The van der Waals surface area contributed by atoms with Crippen molar-refractivity contribution in [3.63, 3.8) is 0 Å². The molecule has 0 aliphatic heterocycles. The zero-order valence-corrected chi connectivity index (χ0v) is 75.8. The van der Waals surface area contributed by atoms with Gasteiger partial charge in [0.15, 0.2) is 0 Å². The number of rotatable bonds is 26. The number of aliphatic hydroxyl groups excluding tert-OH is 1. The number of benzene rings is 16. The Balaban J connectivity index is 0.000000151. The van der Waals surface area contributed by atoms with E-state index >= 15 is 0 Å². The van der Waals surface area contributed by atoms with Gasteiger partial charge in [-0.2, -0.15) is 0 Å². The van der Waals surface area contributed by atoms with Crippen LogP contribution in [0.1, 0.15) is 121 Å². The molecular formula is C120H116N8O4. The van der Waals surface area contributed by atoms with Crippen molar-refractivity contribution in [2.45, 2.75) is 64.2 Å². The Bertz CT molecular complexity index is 6540. The van der Waals surface area contributed by atoms with E-state index in [9.17, 15) is 10.2 Å². The molecule has 132 heavy (non-hydrogen) atoms. The van der Waals surface area contributed by atoms with E-state index in [4.69, 9.17) is 55.3 Å². The molecule has 0 fully saturated rings. The Morgan fingerprint density at radius 1 is 0.356 bits per heavy atom. The minimum atomic E-state index is -0.510. The van der Waals surface area contributed by atoms with E-state index in [0.29, 0.717) is 45.4 Å². The number of allylic oxidation sites excluding steroid dienone is 7. The van der Waals surface area contributed by atoms with Crippen LogP contribution < -0.4 is 55.3 Å². The lowest BCUT2D eigenvalue weighted by atomic mass is 9.81. The first-order chi connectivity index (χ1) is 64.0. The summed E-state index contributed by atoms with van der Waals surface area (Å²) in [4.78, 5) is 0. The van der Waals surface area contributed by atoms with E-state index in [-0.39, 0.29) is 29.3 Å². The summed E-state index contributed by atoms with van der Waals surface area (Å²) in [6, 6.07) is 127. The number of anilines is 7.